The molecule has 19 heteroatoms. The van der Waals surface area contributed by atoms with E-state index in [1.54, 1.807) is 24.3 Å². The highest BCUT2D eigenvalue weighted by molar-refractivity contribution is 6.13. The van der Waals surface area contributed by atoms with E-state index in [4.69, 9.17) is 9.47 Å². The zero-order valence-electron chi connectivity index (χ0n) is 51.9. The van der Waals surface area contributed by atoms with E-state index in [1.807, 2.05) is 152 Å². The lowest BCUT2D eigenvalue weighted by Gasteiger charge is -2.51. The van der Waals surface area contributed by atoms with E-state index in [0.29, 0.717) is 0 Å². The number of piperidine rings is 3. The molecule has 5 aromatic carbocycles. The van der Waals surface area contributed by atoms with Crippen LogP contribution in [0, 0.1) is 11.8 Å². The molecule has 0 aliphatic carbocycles. The molecule has 3 aliphatic heterocycles. The number of nitrogens with zero attached hydrogens (tertiary/aromatic N) is 5. The van der Waals surface area contributed by atoms with Crippen molar-refractivity contribution in [1.29, 1.82) is 0 Å². The number of amides is 6. The number of aliphatic hydroxyl groups excluding tert-OH is 1. The highest BCUT2D eigenvalue weighted by Gasteiger charge is 2.49. The maximum absolute atomic E-state index is 12.8. The second-order valence-corrected chi connectivity index (χ2v) is 21.8. The van der Waals surface area contributed by atoms with Gasteiger partial charge in [-0.15, -0.1) is 6.58 Å². The van der Waals surface area contributed by atoms with E-state index in [2.05, 4.69) is 43.5 Å². The van der Waals surface area contributed by atoms with Crippen LogP contribution < -0.4 is 16.0 Å². The minimum absolute atomic E-state index is 0. The van der Waals surface area contributed by atoms with Crippen LogP contribution in [-0.4, -0.2) is 143 Å². The summed E-state index contributed by atoms with van der Waals surface area (Å²) >= 11 is 0. The Morgan fingerprint density at radius 1 is 0.700 bits per heavy atom. The van der Waals surface area contributed by atoms with Gasteiger partial charge >= 0.3 is 24.2 Å². The SMILES string of the molecule is C.C=CCC1CN2CCC1CC2[C@H](O)c1ccnc2ccccc12.CC(=O)C(NC(=O)N(C)C)(C(C)=O)[C@@H](/C=C/c1ccccc1)NC(=O)OCc1ccccc1.CC(=O)C(NC(=O)N(C)C)C(C)=O.O=C(N=C/C=C/c1ccccc1)OCc1ccccc1. The lowest BCUT2D eigenvalue weighted by molar-refractivity contribution is -0.134. The van der Waals surface area contributed by atoms with Gasteiger partial charge in [0.1, 0.15) is 19.3 Å². The van der Waals surface area contributed by atoms with Gasteiger partial charge in [-0.1, -0.05) is 171 Å². The number of ketones is 4. The van der Waals surface area contributed by atoms with E-state index >= 15 is 0 Å². The third-order valence-corrected chi connectivity index (χ3v) is 14.9. The van der Waals surface area contributed by atoms with Gasteiger partial charge in [0.2, 0.25) is 0 Å². The van der Waals surface area contributed by atoms with Gasteiger partial charge in [0, 0.05) is 58.6 Å². The summed E-state index contributed by atoms with van der Waals surface area (Å²) in [5.41, 5.74) is 3.50. The number of carbonyl (C=O) groups excluding carboxylic acids is 8. The Bertz CT molecular complexity index is 3360. The number of fused-ring (bicyclic) bond motifs is 4. The number of rotatable bonds is 20. The minimum Gasteiger partial charge on any atom is -0.445 e. The predicted octanol–water partition coefficient (Wildman–Crippen LogP) is 11.3. The highest BCUT2D eigenvalue weighted by Crippen LogP contribution is 2.43. The van der Waals surface area contributed by atoms with Gasteiger partial charge in [-0.2, -0.15) is 4.99 Å². The number of benzene rings is 5. The molecule has 0 spiro atoms. The predicted molar refractivity (Wildman–Crippen MR) is 353 cm³/mol. The van der Waals surface area contributed by atoms with Crippen LogP contribution in [0.4, 0.5) is 19.2 Å². The second kappa shape index (κ2) is 37.2. The quantitative estimate of drug-likeness (QED) is 0.0316. The number of ether oxygens (including phenoxy) is 2. The molecule has 4 heterocycles. The summed E-state index contributed by atoms with van der Waals surface area (Å²) in [5, 5.41) is 19.6. The lowest BCUT2D eigenvalue weighted by atomic mass is 9.72. The molecule has 1 aromatic heterocycles. The first kappa shape index (κ1) is 72.8. The van der Waals surface area contributed by atoms with Crippen molar-refractivity contribution >= 4 is 76.7 Å². The van der Waals surface area contributed by atoms with Crippen LogP contribution in [0.3, 0.4) is 0 Å². The van der Waals surface area contributed by atoms with E-state index in [0.717, 1.165) is 76.5 Å². The van der Waals surface area contributed by atoms with Gasteiger partial charge in [-0.05, 0) is 111 Å². The molecule has 9 rings (SSSR count). The lowest BCUT2D eigenvalue weighted by Crippen LogP contribution is -2.70. The third-order valence-electron chi connectivity index (χ3n) is 14.9. The summed E-state index contributed by atoms with van der Waals surface area (Å²) in [7, 11) is 6.03. The van der Waals surface area contributed by atoms with Crippen LogP contribution >= 0.6 is 0 Å². The topological polar surface area (TPSA) is 246 Å². The van der Waals surface area contributed by atoms with Gasteiger partial charge in [-0.25, -0.2) is 19.2 Å². The van der Waals surface area contributed by atoms with Crippen LogP contribution in [0.2, 0.25) is 0 Å². The van der Waals surface area contributed by atoms with Crippen molar-refractivity contribution in [3.8, 4) is 0 Å². The van der Waals surface area contributed by atoms with Gasteiger partial charge in [0.05, 0.1) is 17.7 Å². The number of nitrogens with one attached hydrogen (secondary N) is 3. The number of pyridine rings is 1. The van der Waals surface area contributed by atoms with Gasteiger partial charge in [0.15, 0.2) is 28.7 Å². The molecule has 3 saturated heterocycles. The first-order valence-electron chi connectivity index (χ1n) is 29.2. The normalized spacial score (nSPS) is 16.2. The average molecular weight is 1230 g/mol. The molecule has 90 heavy (non-hydrogen) atoms. The monoisotopic (exact) mass is 1230 g/mol. The average Bonchev–Trinajstić information content (AvgIpc) is 0.968. The van der Waals surface area contributed by atoms with Gasteiger partial charge in [0.25, 0.3) is 0 Å². The maximum atomic E-state index is 12.8. The smallest absolute Gasteiger partial charge is 0.433 e. The number of Topliss-reactive ketones (excluding diaryl/α,β-unsaturated/α-hetero) is 4. The fourth-order valence-corrected chi connectivity index (χ4v) is 10.1. The molecule has 0 saturated carbocycles. The second-order valence-electron chi connectivity index (χ2n) is 21.8. The molecule has 6 atom stereocenters. The number of alkyl carbamates (subject to hydrolysis) is 1. The van der Waals surface area contributed by atoms with Crippen LogP contribution in [0.15, 0.2) is 188 Å². The van der Waals surface area contributed by atoms with Crippen molar-refractivity contribution in [3.05, 3.63) is 210 Å². The number of urea groups is 2. The molecule has 6 aromatic rings. The molecule has 6 amide bonds. The standard InChI is InChI=1S/C25H29N3O5.C20H24N2O.C17H15NO2.C8H14N2O3.CH4/c1-18(29)25(19(2)30,27-23(31)28(3)4)22(16-15-20-11-7-5-8-12-20)26-24(32)33-17-21-13-9-6-10-14-21;1-2-5-15-13-22-11-9-14(15)12-19(22)20(23)17-8-10-21-18-7-4-3-6-16(17)18;19-17(20-14-16-10-5-2-6-11-16)18-13-7-12-15-8-3-1-4-9-15;1-5(11)7(6(2)12)9-8(13)10(3)4;/h5-16,22H,17H2,1-4H3,(H,26,32)(H,27,31);2-4,6-8,10,14-15,19-20,23H,1,5,9,11-13H2;1-13H,14H2;7H,1-4H3,(H,9,13);1H4/b16-15+;;12-7+,18-13?;;/t22-;14?,15?,19?,20-;;;/m11.../s1. The van der Waals surface area contributed by atoms with E-state index < -0.39 is 59.5 Å². The first-order chi connectivity index (χ1) is 42.6. The highest BCUT2D eigenvalue weighted by atomic mass is 16.6. The number of hydrogen-bond acceptors (Lipinski definition) is 13. The zero-order chi connectivity index (χ0) is 64.9. The molecular weight excluding hydrogens is 1140 g/mol. The maximum Gasteiger partial charge on any atom is 0.433 e. The molecule has 3 aliphatic rings. The summed E-state index contributed by atoms with van der Waals surface area (Å²) in [4.78, 5) is 108. The molecule has 19 nitrogen and oxygen atoms in total. The Labute approximate surface area is 529 Å². The molecule has 3 fully saturated rings. The van der Waals surface area contributed by atoms with Crippen molar-refractivity contribution in [3.63, 3.8) is 0 Å². The summed E-state index contributed by atoms with van der Waals surface area (Å²) in [6.45, 7) is 11.3. The molecule has 4 N–H and O–H groups in total. The van der Waals surface area contributed by atoms with Gasteiger partial charge in [-0.3, -0.25) is 29.1 Å². The molecular formula is C71H86N8O11. The molecule has 4 unspecified atom stereocenters. The molecule has 476 valence electrons. The van der Waals surface area contributed by atoms with Crippen molar-refractivity contribution < 1.29 is 52.9 Å². The Kier molecular flexibility index (Phi) is 30.1. The zero-order valence-corrected chi connectivity index (χ0v) is 51.9. The van der Waals surface area contributed by atoms with Crippen molar-refractivity contribution in [2.75, 3.05) is 41.3 Å². The number of para-hydroxylation sites is 1. The Hall–Kier alpha value is -9.72. The van der Waals surface area contributed by atoms with Gasteiger partial charge < -0.3 is 40.3 Å². The van der Waals surface area contributed by atoms with E-state index in [-0.39, 0.29) is 38.2 Å². The number of carbonyl (C=O) groups is 8. The Morgan fingerprint density at radius 2 is 1.22 bits per heavy atom. The van der Waals surface area contributed by atoms with E-state index in [9.17, 15) is 43.5 Å². The van der Waals surface area contributed by atoms with Crippen molar-refractivity contribution in [1.82, 2.24) is 35.6 Å². The van der Waals surface area contributed by atoms with Crippen molar-refractivity contribution in [2.24, 2.45) is 16.8 Å². The van der Waals surface area contributed by atoms with Crippen LogP contribution in [0.5, 0.6) is 0 Å². The summed E-state index contributed by atoms with van der Waals surface area (Å²) in [5.74, 6) is -0.525. The summed E-state index contributed by atoms with van der Waals surface area (Å²) < 4.78 is 10.3. The number of aromatic nitrogens is 1. The first-order valence-corrected chi connectivity index (χ1v) is 29.2. The van der Waals surface area contributed by atoms with Crippen LogP contribution in [0.25, 0.3) is 23.1 Å². The van der Waals surface area contributed by atoms with E-state index in [1.165, 1.54) is 84.4 Å². The van der Waals surface area contributed by atoms with Crippen molar-refractivity contribution in [2.45, 2.75) is 97.4 Å². The number of aliphatic imine (C=N–C) groups is 1. The molecule has 2 bridgehead atoms. The largest absolute Gasteiger partial charge is 0.445 e. The minimum atomic E-state index is -2.03. The fourth-order valence-electron chi connectivity index (χ4n) is 10.1. The van der Waals surface area contributed by atoms with Crippen LogP contribution in [0.1, 0.15) is 88.3 Å². The Morgan fingerprint density at radius 3 is 1.73 bits per heavy atom. The number of allylic oxidation sites excluding steroid dienone is 2. The molecule has 0 radical (unpaired) electrons. The number of hydrogen-bond donors (Lipinski definition) is 4. The summed E-state index contributed by atoms with van der Waals surface area (Å²) in [6, 6.07) is 44.5. The summed E-state index contributed by atoms with van der Waals surface area (Å²) in [6.07, 6.45) is 13.6. The fraction of sp³-hybridized carbons (Fsp3) is 0.324. The third kappa shape index (κ3) is 22.5. The number of aliphatic hydroxyl groups is 1. The Balaban J connectivity index is 0.000000268. The van der Waals surface area contributed by atoms with Crippen LogP contribution in [-0.2, 0) is 41.9 Å².